The Morgan fingerprint density at radius 2 is 1.84 bits per heavy atom. The van der Waals surface area contributed by atoms with Gasteiger partial charge in [-0.2, -0.15) is 0 Å². The molecule has 0 aliphatic heterocycles. The van der Waals surface area contributed by atoms with Crippen LogP contribution in [0.3, 0.4) is 0 Å². The lowest BCUT2D eigenvalue weighted by molar-refractivity contribution is 0.571. The van der Waals surface area contributed by atoms with E-state index in [4.69, 9.17) is 11.6 Å². The van der Waals surface area contributed by atoms with E-state index in [2.05, 4.69) is 18.3 Å². The molecule has 1 N–H and O–H groups in total. The maximum atomic E-state index is 12.8. The van der Waals surface area contributed by atoms with E-state index in [0.717, 1.165) is 28.3 Å². The number of aryl methyl sites for hydroxylation is 1. The van der Waals surface area contributed by atoms with Crippen molar-refractivity contribution in [1.82, 2.24) is 5.32 Å². The van der Waals surface area contributed by atoms with Crippen molar-refractivity contribution < 1.29 is 4.39 Å². The molecule has 0 radical (unpaired) electrons. The molecule has 0 fully saturated rings. The van der Waals surface area contributed by atoms with Crippen LogP contribution in [0.15, 0.2) is 42.5 Å². The summed E-state index contributed by atoms with van der Waals surface area (Å²) in [4.78, 5) is 0. The number of hydrogen-bond donors (Lipinski definition) is 1. The van der Waals surface area contributed by atoms with Crippen LogP contribution in [-0.2, 0) is 6.54 Å². The first-order chi connectivity index (χ1) is 9.06. The van der Waals surface area contributed by atoms with E-state index >= 15 is 0 Å². The fraction of sp³-hybridized carbons (Fsp3) is 0.250. The van der Waals surface area contributed by atoms with E-state index < -0.39 is 0 Å². The minimum absolute atomic E-state index is 0.167. The van der Waals surface area contributed by atoms with Gasteiger partial charge in [-0.1, -0.05) is 35.9 Å². The highest BCUT2D eigenvalue weighted by atomic mass is 35.5. The number of rotatable bonds is 4. The van der Waals surface area contributed by atoms with Crippen LogP contribution in [0.25, 0.3) is 0 Å². The molecule has 1 nitrogen and oxygen atoms in total. The molecule has 2 aromatic carbocycles. The highest BCUT2D eigenvalue weighted by Crippen LogP contribution is 2.18. The number of benzene rings is 2. The molecular weight excluding hydrogens is 261 g/mol. The summed E-state index contributed by atoms with van der Waals surface area (Å²) in [7, 11) is 0. The van der Waals surface area contributed by atoms with Gasteiger partial charge in [0.2, 0.25) is 0 Å². The van der Waals surface area contributed by atoms with E-state index in [0.29, 0.717) is 0 Å². The molecule has 0 aliphatic rings. The maximum Gasteiger partial charge on any atom is 0.123 e. The van der Waals surface area contributed by atoms with E-state index in [1.54, 1.807) is 12.1 Å². The van der Waals surface area contributed by atoms with Crippen molar-refractivity contribution >= 4 is 11.6 Å². The van der Waals surface area contributed by atoms with Gasteiger partial charge in [-0.3, -0.25) is 0 Å². The summed E-state index contributed by atoms with van der Waals surface area (Å²) in [6.07, 6.45) is 0. The molecule has 2 rings (SSSR count). The SMILES string of the molecule is Cc1ccc(CNC(C)c2ccc(F)cc2)cc1Cl. The first-order valence-electron chi connectivity index (χ1n) is 6.30. The Morgan fingerprint density at radius 3 is 2.47 bits per heavy atom. The molecule has 0 aromatic heterocycles. The second-order valence-corrected chi connectivity index (χ2v) is 5.14. The molecule has 0 heterocycles. The van der Waals surface area contributed by atoms with Gasteiger partial charge in [-0.15, -0.1) is 0 Å². The first-order valence-corrected chi connectivity index (χ1v) is 6.68. The molecular formula is C16H17ClFN. The Bertz CT molecular complexity index is 551. The third-order valence-corrected chi connectivity index (χ3v) is 3.63. The van der Waals surface area contributed by atoms with Crippen molar-refractivity contribution in [2.24, 2.45) is 0 Å². The quantitative estimate of drug-likeness (QED) is 0.858. The lowest BCUT2D eigenvalue weighted by Crippen LogP contribution is -2.18. The van der Waals surface area contributed by atoms with Crippen LogP contribution >= 0.6 is 11.6 Å². The summed E-state index contributed by atoms with van der Waals surface area (Å²) in [5, 5.41) is 4.19. The van der Waals surface area contributed by atoms with E-state index in [1.165, 1.54) is 12.1 Å². The topological polar surface area (TPSA) is 12.0 Å². The zero-order chi connectivity index (χ0) is 13.8. The maximum absolute atomic E-state index is 12.8. The molecule has 0 saturated heterocycles. The molecule has 100 valence electrons. The van der Waals surface area contributed by atoms with Crippen LogP contribution in [0.2, 0.25) is 5.02 Å². The minimum Gasteiger partial charge on any atom is -0.306 e. The summed E-state index contributed by atoms with van der Waals surface area (Å²) < 4.78 is 12.8. The third-order valence-electron chi connectivity index (χ3n) is 3.22. The lowest BCUT2D eigenvalue weighted by Gasteiger charge is -2.14. The predicted molar refractivity (Wildman–Crippen MR) is 77.8 cm³/mol. The van der Waals surface area contributed by atoms with Crippen LogP contribution in [-0.4, -0.2) is 0 Å². The van der Waals surface area contributed by atoms with Crippen molar-refractivity contribution in [3.8, 4) is 0 Å². The van der Waals surface area contributed by atoms with Gasteiger partial charge in [-0.05, 0) is 48.7 Å². The van der Waals surface area contributed by atoms with Crippen molar-refractivity contribution in [2.75, 3.05) is 0 Å². The minimum atomic E-state index is -0.207. The van der Waals surface area contributed by atoms with Crippen LogP contribution in [0, 0.1) is 12.7 Å². The Labute approximate surface area is 118 Å². The molecule has 1 atom stereocenters. The van der Waals surface area contributed by atoms with Gasteiger partial charge in [0, 0.05) is 17.6 Å². The Balaban J connectivity index is 1.98. The van der Waals surface area contributed by atoms with Gasteiger partial charge < -0.3 is 5.32 Å². The molecule has 1 unspecified atom stereocenters. The van der Waals surface area contributed by atoms with Crippen LogP contribution < -0.4 is 5.32 Å². The zero-order valence-electron chi connectivity index (χ0n) is 11.1. The lowest BCUT2D eigenvalue weighted by atomic mass is 10.1. The van der Waals surface area contributed by atoms with Gasteiger partial charge in [0.25, 0.3) is 0 Å². The Kier molecular flexibility index (Phi) is 4.56. The third kappa shape index (κ3) is 3.79. The van der Waals surface area contributed by atoms with E-state index in [-0.39, 0.29) is 11.9 Å². The number of nitrogens with one attached hydrogen (secondary N) is 1. The second kappa shape index (κ2) is 6.18. The fourth-order valence-electron chi connectivity index (χ4n) is 1.89. The van der Waals surface area contributed by atoms with Crippen LogP contribution in [0.4, 0.5) is 4.39 Å². The summed E-state index contributed by atoms with van der Waals surface area (Å²) >= 11 is 6.09. The number of halogens is 2. The molecule has 0 bridgehead atoms. The van der Waals surface area contributed by atoms with Crippen LogP contribution in [0.5, 0.6) is 0 Å². The normalized spacial score (nSPS) is 12.4. The summed E-state index contributed by atoms with van der Waals surface area (Å²) in [6.45, 7) is 4.78. The fourth-order valence-corrected chi connectivity index (χ4v) is 2.09. The van der Waals surface area contributed by atoms with Crippen molar-refractivity contribution in [1.29, 1.82) is 0 Å². The van der Waals surface area contributed by atoms with Crippen molar-refractivity contribution in [2.45, 2.75) is 26.4 Å². The largest absolute Gasteiger partial charge is 0.306 e. The van der Waals surface area contributed by atoms with Gasteiger partial charge in [0.1, 0.15) is 5.82 Å². The number of hydrogen-bond acceptors (Lipinski definition) is 1. The summed E-state index contributed by atoms with van der Waals surface area (Å²) in [6, 6.07) is 12.8. The zero-order valence-corrected chi connectivity index (χ0v) is 11.8. The highest BCUT2D eigenvalue weighted by Gasteiger charge is 2.05. The Morgan fingerprint density at radius 1 is 1.16 bits per heavy atom. The molecule has 19 heavy (non-hydrogen) atoms. The van der Waals surface area contributed by atoms with Gasteiger partial charge >= 0.3 is 0 Å². The van der Waals surface area contributed by atoms with Crippen molar-refractivity contribution in [3.63, 3.8) is 0 Å². The molecule has 3 heteroatoms. The second-order valence-electron chi connectivity index (χ2n) is 4.74. The predicted octanol–water partition coefficient (Wildman–Crippen LogP) is 4.64. The summed E-state index contributed by atoms with van der Waals surface area (Å²) in [5.74, 6) is -0.207. The molecule has 2 aromatic rings. The van der Waals surface area contributed by atoms with Crippen LogP contribution in [0.1, 0.15) is 29.7 Å². The molecule has 0 aliphatic carbocycles. The molecule has 0 spiro atoms. The van der Waals surface area contributed by atoms with Gasteiger partial charge in [0.05, 0.1) is 0 Å². The first kappa shape index (κ1) is 14.0. The standard InChI is InChI=1S/C16H17ClFN/c1-11-3-4-13(9-16(11)17)10-19-12(2)14-5-7-15(18)8-6-14/h3-9,12,19H,10H2,1-2H3. The van der Waals surface area contributed by atoms with Crippen molar-refractivity contribution in [3.05, 3.63) is 70.0 Å². The van der Waals surface area contributed by atoms with Gasteiger partial charge in [-0.25, -0.2) is 4.39 Å². The van der Waals surface area contributed by atoms with E-state index in [9.17, 15) is 4.39 Å². The smallest absolute Gasteiger partial charge is 0.123 e. The van der Waals surface area contributed by atoms with E-state index in [1.807, 2.05) is 19.1 Å². The molecule has 0 amide bonds. The summed E-state index contributed by atoms with van der Waals surface area (Å²) in [5.41, 5.74) is 3.29. The Hall–Kier alpha value is -1.38. The highest BCUT2D eigenvalue weighted by molar-refractivity contribution is 6.31. The monoisotopic (exact) mass is 277 g/mol. The average Bonchev–Trinajstić information content (AvgIpc) is 2.40. The van der Waals surface area contributed by atoms with Gasteiger partial charge in [0.15, 0.2) is 0 Å². The average molecular weight is 278 g/mol. The molecule has 0 saturated carbocycles.